The number of rotatable bonds is 4. The molecule has 2 amide bonds. The van der Waals surface area contributed by atoms with E-state index in [1.54, 1.807) is 14.2 Å². The second-order valence-corrected chi connectivity index (χ2v) is 9.11. The smallest absolute Gasteiger partial charge is 0.227 e. The standard InChI is InChI=1S/C23H34N2O4/c1-23(2,3)22(27)24-13-10-16(11-14-24)21(26)25-12-6-7-19(25)18-15-17(28-4)8-9-20(18)29-5/h8-9,15-16,19H,6-7,10-14H2,1-5H3/t19-/m1/s1. The summed E-state index contributed by atoms with van der Waals surface area (Å²) in [6, 6.07) is 5.79. The van der Waals surface area contributed by atoms with Gasteiger partial charge >= 0.3 is 0 Å². The normalized spacial score (nSPS) is 20.7. The number of piperidine rings is 1. The van der Waals surface area contributed by atoms with E-state index < -0.39 is 0 Å². The van der Waals surface area contributed by atoms with Crippen molar-refractivity contribution in [3.05, 3.63) is 23.8 Å². The topological polar surface area (TPSA) is 59.1 Å². The Balaban J connectivity index is 1.71. The highest BCUT2D eigenvalue weighted by molar-refractivity contribution is 5.83. The summed E-state index contributed by atoms with van der Waals surface area (Å²) in [4.78, 5) is 29.8. The molecule has 2 fully saturated rings. The summed E-state index contributed by atoms with van der Waals surface area (Å²) in [5.74, 6) is 1.93. The van der Waals surface area contributed by atoms with Crippen molar-refractivity contribution < 1.29 is 19.1 Å². The van der Waals surface area contributed by atoms with Crippen LogP contribution in [0.5, 0.6) is 11.5 Å². The van der Waals surface area contributed by atoms with Crippen molar-refractivity contribution in [2.75, 3.05) is 33.9 Å². The first-order valence-corrected chi connectivity index (χ1v) is 10.6. The van der Waals surface area contributed by atoms with Crippen molar-refractivity contribution in [3.63, 3.8) is 0 Å². The lowest BCUT2D eigenvalue weighted by atomic mass is 9.90. The molecule has 0 bridgehead atoms. The highest BCUT2D eigenvalue weighted by Crippen LogP contribution is 2.40. The monoisotopic (exact) mass is 402 g/mol. The molecule has 3 rings (SSSR count). The number of amides is 2. The molecule has 0 N–H and O–H groups in total. The molecule has 0 aromatic heterocycles. The molecule has 29 heavy (non-hydrogen) atoms. The van der Waals surface area contributed by atoms with Crippen LogP contribution < -0.4 is 9.47 Å². The number of likely N-dealkylation sites (tertiary alicyclic amines) is 2. The van der Waals surface area contributed by atoms with Gasteiger partial charge in [-0.05, 0) is 43.9 Å². The van der Waals surface area contributed by atoms with Gasteiger partial charge in [-0.25, -0.2) is 0 Å². The fourth-order valence-electron chi connectivity index (χ4n) is 4.49. The lowest BCUT2D eigenvalue weighted by Gasteiger charge is -2.37. The molecule has 2 aliphatic rings. The Kier molecular flexibility index (Phi) is 6.39. The van der Waals surface area contributed by atoms with Crippen molar-refractivity contribution >= 4 is 11.8 Å². The summed E-state index contributed by atoms with van der Waals surface area (Å²) in [6.07, 6.45) is 3.38. The first-order valence-electron chi connectivity index (χ1n) is 10.6. The molecule has 0 aliphatic carbocycles. The van der Waals surface area contributed by atoms with Gasteiger partial charge in [0.05, 0.1) is 20.3 Å². The summed E-state index contributed by atoms with van der Waals surface area (Å²) >= 11 is 0. The minimum Gasteiger partial charge on any atom is -0.497 e. The van der Waals surface area contributed by atoms with Crippen LogP contribution in [0.15, 0.2) is 18.2 Å². The highest BCUT2D eigenvalue weighted by Gasteiger charge is 2.38. The number of ether oxygens (including phenoxy) is 2. The van der Waals surface area contributed by atoms with Gasteiger partial charge in [0.25, 0.3) is 0 Å². The third-order valence-corrected chi connectivity index (χ3v) is 6.10. The minimum absolute atomic E-state index is 0.0155. The number of benzene rings is 1. The maximum Gasteiger partial charge on any atom is 0.227 e. The van der Waals surface area contributed by atoms with E-state index in [1.807, 2.05) is 48.8 Å². The number of methoxy groups -OCH3 is 2. The van der Waals surface area contributed by atoms with E-state index in [0.717, 1.165) is 49.3 Å². The summed E-state index contributed by atoms with van der Waals surface area (Å²) in [7, 11) is 3.31. The van der Waals surface area contributed by atoms with Crippen molar-refractivity contribution in [2.45, 2.75) is 52.5 Å². The summed E-state index contributed by atoms with van der Waals surface area (Å²) in [6.45, 7) is 7.93. The Hall–Kier alpha value is -2.24. The molecule has 160 valence electrons. The molecule has 2 heterocycles. The molecule has 1 aromatic carbocycles. The van der Waals surface area contributed by atoms with E-state index in [4.69, 9.17) is 9.47 Å². The van der Waals surface area contributed by atoms with Crippen molar-refractivity contribution in [2.24, 2.45) is 11.3 Å². The molecule has 0 unspecified atom stereocenters. The summed E-state index contributed by atoms with van der Waals surface area (Å²) in [5.41, 5.74) is 0.637. The molecule has 0 radical (unpaired) electrons. The van der Waals surface area contributed by atoms with Gasteiger partial charge in [0.15, 0.2) is 0 Å². The molecule has 6 nitrogen and oxygen atoms in total. The maximum absolute atomic E-state index is 13.4. The Morgan fingerprint density at radius 1 is 1.00 bits per heavy atom. The molecular weight excluding hydrogens is 368 g/mol. The third-order valence-electron chi connectivity index (χ3n) is 6.10. The van der Waals surface area contributed by atoms with Crippen LogP contribution in [0.2, 0.25) is 0 Å². The number of hydrogen-bond donors (Lipinski definition) is 0. The predicted molar refractivity (Wildman–Crippen MR) is 112 cm³/mol. The lowest BCUT2D eigenvalue weighted by molar-refractivity contribution is -0.145. The Morgan fingerprint density at radius 3 is 2.28 bits per heavy atom. The quantitative estimate of drug-likeness (QED) is 0.771. The average molecular weight is 403 g/mol. The van der Waals surface area contributed by atoms with E-state index >= 15 is 0 Å². The van der Waals surface area contributed by atoms with E-state index in [0.29, 0.717) is 13.1 Å². The molecule has 1 atom stereocenters. The van der Waals surface area contributed by atoms with Gasteiger partial charge in [-0.1, -0.05) is 20.8 Å². The largest absolute Gasteiger partial charge is 0.497 e. The molecule has 0 saturated carbocycles. The van der Waals surface area contributed by atoms with Gasteiger partial charge in [0.1, 0.15) is 11.5 Å². The number of carbonyl (C=O) groups is 2. The van der Waals surface area contributed by atoms with E-state index in [1.165, 1.54) is 0 Å². The fourth-order valence-corrected chi connectivity index (χ4v) is 4.49. The van der Waals surface area contributed by atoms with Crippen LogP contribution in [0.25, 0.3) is 0 Å². The fraction of sp³-hybridized carbons (Fsp3) is 0.652. The molecule has 6 heteroatoms. The Morgan fingerprint density at radius 2 is 1.69 bits per heavy atom. The summed E-state index contributed by atoms with van der Waals surface area (Å²) in [5, 5.41) is 0. The van der Waals surface area contributed by atoms with Gasteiger partial charge in [-0.2, -0.15) is 0 Å². The van der Waals surface area contributed by atoms with Crippen LogP contribution in [-0.2, 0) is 9.59 Å². The second kappa shape index (κ2) is 8.64. The van der Waals surface area contributed by atoms with Crippen LogP contribution in [0.1, 0.15) is 58.1 Å². The van der Waals surface area contributed by atoms with Crippen molar-refractivity contribution in [1.29, 1.82) is 0 Å². The van der Waals surface area contributed by atoms with E-state index in [-0.39, 0.29) is 29.2 Å². The maximum atomic E-state index is 13.4. The van der Waals surface area contributed by atoms with E-state index in [2.05, 4.69) is 0 Å². The molecular formula is C23H34N2O4. The van der Waals surface area contributed by atoms with Crippen LogP contribution in [0.4, 0.5) is 0 Å². The molecule has 2 aliphatic heterocycles. The van der Waals surface area contributed by atoms with Crippen molar-refractivity contribution in [3.8, 4) is 11.5 Å². The van der Waals surface area contributed by atoms with Crippen LogP contribution in [0.3, 0.4) is 0 Å². The lowest BCUT2D eigenvalue weighted by Crippen LogP contribution is -2.47. The van der Waals surface area contributed by atoms with Gasteiger partial charge in [0, 0.05) is 36.5 Å². The summed E-state index contributed by atoms with van der Waals surface area (Å²) < 4.78 is 11.0. The third kappa shape index (κ3) is 4.51. The predicted octanol–water partition coefficient (Wildman–Crippen LogP) is 3.65. The van der Waals surface area contributed by atoms with Crippen molar-refractivity contribution in [1.82, 2.24) is 9.80 Å². The van der Waals surface area contributed by atoms with Gasteiger partial charge < -0.3 is 19.3 Å². The first kappa shape index (κ1) is 21.5. The SMILES string of the molecule is COc1ccc(OC)c([C@H]2CCCN2C(=O)C2CCN(C(=O)C(C)(C)C)CC2)c1. The van der Waals surface area contributed by atoms with Crippen LogP contribution in [-0.4, -0.2) is 55.5 Å². The van der Waals surface area contributed by atoms with Crippen LogP contribution in [0, 0.1) is 11.3 Å². The molecule has 2 saturated heterocycles. The molecule has 0 spiro atoms. The number of nitrogens with zero attached hydrogens (tertiary/aromatic N) is 2. The number of carbonyl (C=O) groups excluding carboxylic acids is 2. The van der Waals surface area contributed by atoms with Crippen LogP contribution >= 0.6 is 0 Å². The Labute approximate surface area is 174 Å². The van der Waals surface area contributed by atoms with Gasteiger partial charge in [-0.3, -0.25) is 9.59 Å². The van der Waals surface area contributed by atoms with E-state index in [9.17, 15) is 9.59 Å². The zero-order chi connectivity index (χ0) is 21.2. The van der Waals surface area contributed by atoms with Gasteiger partial charge in [-0.15, -0.1) is 0 Å². The zero-order valence-electron chi connectivity index (χ0n) is 18.4. The first-order chi connectivity index (χ1) is 13.8. The Bertz CT molecular complexity index is 748. The zero-order valence-corrected chi connectivity index (χ0v) is 18.4. The highest BCUT2D eigenvalue weighted by atomic mass is 16.5. The average Bonchev–Trinajstić information content (AvgIpc) is 3.21. The minimum atomic E-state index is -0.375. The second-order valence-electron chi connectivity index (χ2n) is 9.11. The molecule has 1 aromatic rings. The van der Waals surface area contributed by atoms with Gasteiger partial charge in [0.2, 0.25) is 11.8 Å². The number of hydrogen-bond acceptors (Lipinski definition) is 4.